The third-order valence-corrected chi connectivity index (χ3v) is 4.79. The zero-order chi connectivity index (χ0) is 16.5. The number of fused-ring (bicyclic) bond motifs is 1. The second kappa shape index (κ2) is 6.31. The highest BCUT2D eigenvalue weighted by Gasteiger charge is 2.17. The summed E-state index contributed by atoms with van der Waals surface area (Å²) in [7, 11) is 0. The maximum Gasteiger partial charge on any atom is 0.281 e. The van der Waals surface area contributed by atoms with Gasteiger partial charge in [0.25, 0.3) is 6.43 Å². The molecule has 1 fully saturated rings. The number of thioether (sulfide) groups is 1. The molecule has 0 aliphatic carbocycles. The van der Waals surface area contributed by atoms with E-state index in [9.17, 15) is 8.78 Å². The molecule has 124 valence electrons. The van der Waals surface area contributed by atoms with E-state index in [0.29, 0.717) is 17.2 Å². The van der Waals surface area contributed by atoms with E-state index in [1.165, 1.54) is 12.4 Å². The Balaban J connectivity index is 1.75. The van der Waals surface area contributed by atoms with Crippen molar-refractivity contribution in [1.82, 2.24) is 24.3 Å². The second-order valence-electron chi connectivity index (χ2n) is 5.32. The van der Waals surface area contributed by atoms with Crippen molar-refractivity contribution in [3.05, 3.63) is 36.5 Å². The minimum Gasteiger partial charge on any atom is -0.355 e. The number of anilines is 1. The predicted molar refractivity (Wildman–Crippen MR) is 88.5 cm³/mol. The van der Waals surface area contributed by atoms with Crippen molar-refractivity contribution in [3.63, 3.8) is 0 Å². The SMILES string of the molecule is FC(F)c1cn2c(-c3nccc(N4CCSCC4)n3)cnc2cn1. The van der Waals surface area contributed by atoms with Crippen LogP contribution in [0.25, 0.3) is 17.2 Å². The van der Waals surface area contributed by atoms with E-state index in [0.717, 1.165) is 30.4 Å². The van der Waals surface area contributed by atoms with Crippen molar-refractivity contribution < 1.29 is 8.78 Å². The van der Waals surface area contributed by atoms with Crippen LogP contribution >= 0.6 is 11.8 Å². The highest BCUT2D eigenvalue weighted by molar-refractivity contribution is 7.99. The molecule has 3 aromatic heterocycles. The number of imidazole rings is 1. The Kier molecular flexibility index (Phi) is 4.01. The molecule has 9 heteroatoms. The van der Waals surface area contributed by atoms with Gasteiger partial charge in [0.15, 0.2) is 11.5 Å². The molecule has 1 aliphatic rings. The van der Waals surface area contributed by atoms with E-state index in [1.807, 2.05) is 17.8 Å². The number of halogens is 2. The first-order valence-electron chi connectivity index (χ1n) is 7.49. The van der Waals surface area contributed by atoms with Crippen molar-refractivity contribution in [2.24, 2.45) is 0 Å². The molecule has 4 heterocycles. The van der Waals surface area contributed by atoms with Gasteiger partial charge in [-0.25, -0.2) is 28.7 Å². The minimum atomic E-state index is -2.64. The van der Waals surface area contributed by atoms with Crippen molar-refractivity contribution in [2.75, 3.05) is 29.5 Å². The van der Waals surface area contributed by atoms with Crippen LogP contribution in [0.5, 0.6) is 0 Å². The Bertz CT molecular complexity index is 862. The van der Waals surface area contributed by atoms with Crippen molar-refractivity contribution in [2.45, 2.75) is 6.43 Å². The summed E-state index contributed by atoms with van der Waals surface area (Å²) in [5.74, 6) is 3.44. The number of aromatic nitrogens is 5. The van der Waals surface area contributed by atoms with Crippen LogP contribution in [0.3, 0.4) is 0 Å². The summed E-state index contributed by atoms with van der Waals surface area (Å²) in [6.07, 6.45) is 3.25. The first kappa shape index (κ1) is 15.3. The molecule has 0 saturated carbocycles. The average molecular weight is 348 g/mol. The van der Waals surface area contributed by atoms with Gasteiger partial charge in [-0.1, -0.05) is 0 Å². The molecule has 0 atom stereocenters. The van der Waals surface area contributed by atoms with Crippen LogP contribution < -0.4 is 4.90 Å². The molecule has 1 aliphatic heterocycles. The molecule has 0 amide bonds. The predicted octanol–water partition coefficient (Wildman–Crippen LogP) is 2.68. The molecule has 0 radical (unpaired) electrons. The van der Waals surface area contributed by atoms with E-state index < -0.39 is 6.43 Å². The molecular formula is C15H14F2N6S. The molecule has 4 rings (SSSR count). The zero-order valence-corrected chi connectivity index (χ0v) is 13.5. The van der Waals surface area contributed by atoms with E-state index >= 15 is 0 Å². The maximum atomic E-state index is 12.9. The highest BCUT2D eigenvalue weighted by Crippen LogP contribution is 2.23. The van der Waals surface area contributed by atoms with Crippen molar-refractivity contribution >= 4 is 23.2 Å². The van der Waals surface area contributed by atoms with Gasteiger partial charge in [0, 0.05) is 37.0 Å². The number of nitrogens with zero attached hydrogens (tertiary/aromatic N) is 6. The van der Waals surface area contributed by atoms with Gasteiger partial charge >= 0.3 is 0 Å². The summed E-state index contributed by atoms with van der Waals surface area (Å²) in [4.78, 5) is 19.0. The summed E-state index contributed by atoms with van der Waals surface area (Å²) in [5, 5.41) is 0. The summed E-state index contributed by atoms with van der Waals surface area (Å²) in [6, 6.07) is 1.87. The van der Waals surface area contributed by atoms with Crippen LogP contribution in [0.1, 0.15) is 12.1 Å². The number of hydrogen-bond acceptors (Lipinski definition) is 6. The van der Waals surface area contributed by atoms with Crippen molar-refractivity contribution in [1.29, 1.82) is 0 Å². The Morgan fingerprint density at radius 2 is 1.92 bits per heavy atom. The fraction of sp³-hybridized carbons (Fsp3) is 0.333. The third kappa shape index (κ3) is 2.79. The molecule has 6 nitrogen and oxygen atoms in total. The van der Waals surface area contributed by atoms with Crippen LogP contribution in [0, 0.1) is 0 Å². The molecule has 0 spiro atoms. The van der Waals surface area contributed by atoms with Crippen LogP contribution in [0.4, 0.5) is 14.6 Å². The average Bonchev–Trinajstić information content (AvgIpc) is 3.05. The van der Waals surface area contributed by atoms with Gasteiger partial charge in [-0.2, -0.15) is 11.8 Å². The summed E-state index contributed by atoms with van der Waals surface area (Å²) in [5.41, 5.74) is 0.756. The Morgan fingerprint density at radius 3 is 2.71 bits per heavy atom. The summed E-state index contributed by atoms with van der Waals surface area (Å²) < 4.78 is 27.4. The number of rotatable bonds is 3. The largest absolute Gasteiger partial charge is 0.355 e. The number of alkyl halides is 2. The lowest BCUT2D eigenvalue weighted by Gasteiger charge is -2.27. The van der Waals surface area contributed by atoms with Gasteiger partial charge in [-0.15, -0.1) is 0 Å². The monoisotopic (exact) mass is 348 g/mol. The standard InChI is InChI=1S/C15H14F2N6S/c16-14(17)10-9-23-11(7-20-13(23)8-19-10)15-18-2-1-12(21-15)22-3-5-24-6-4-22/h1-2,7-9,14H,3-6H2. The lowest BCUT2D eigenvalue weighted by molar-refractivity contribution is 0.145. The van der Waals surface area contributed by atoms with Gasteiger partial charge in [-0.3, -0.25) is 4.40 Å². The topological polar surface area (TPSA) is 59.2 Å². The minimum absolute atomic E-state index is 0.300. The van der Waals surface area contributed by atoms with E-state index in [4.69, 9.17) is 0 Å². The molecule has 1 saturated heterocycles. The maximum absolute atomic E-state index is 12.9. The van der Waals surface area contributed by atoms with E-state index in [-0.39, 0.29) is 5.69 Å². The lowest BCUT2D eigenvalue weighted by atomic mass is 10.4. The van der Waals surface area contributed by atoms with Gasteiger partial charge in [0.1, 0.15) is 17.2 Å². The molecule has 3 aromatic rings. The fourth-order valence-corrected chi connectivity index (χ4v) is 3.53. The zero-order valence-electron chi connectivity index (χ0n) is 12.6. The van der Waals surface area contributed by atoms with E-state index in [2.05, 4.69) is 24.8 Å². The second-order valence-corrected chi connectivity index (χ2v) is 6.55. The van der Waals surface area contributed by atoms with Crippen LogP contribution in [-0.2, 0) is 0 Å². The normalized spacial score (nSPS) is 15.4. The smallest absolute Gasteiger partial charge is 0.281 e. The molecule has 0 bridgehead atoms. The Labute approximate surface area is 141 Å². The Hall–Kier alpha value is -2.29. The van der Waals surface area contributed by atoms with Gasteiger partial charge in [-0.05, 0) is 6.07 Å². The molecule has 24 heavy (non-hydrogen) atoms. The van der Waals surface area contributed by atoms with Gasteiger partial charge < -0.3 is 4.90 Å². The molecule has 0 unspecified atom stereocenters. The molecular weight excluding hydrogens is 334 g/mol. The first-order chi connectivity index (χ1) is 11.7. The first-order valence-corrected chi connectivity index (χ1v) is 8.65. The number of hydrogen-bond donors (Lipinski definition) is 0. The van der Waals surface area contributed by atoms with Gasteiger partial charge in [0.2, 0.25) is 0 Å². The van der Waals surface area contributed by atoms with Crippen LogP contribution in [0.15, 0.2) is 30.9 Å². The van der Waals surface area contributed by atoms with Crippen LogP contribution in [-0.4, -0.2) is 48.9 Å². The Morgan fingerprint density at radius 1 is 1.08 bits per heavy atom. The summed E-state index contributed by atoms with van der Waals surface area (Å²) >= 11 is 1.92. The fourth-order valence-electron chi connectivity index (χ4n) is 2.62. The lowest BCUT2D eigenvalue weighted by Crippen LogP contribution is -2.33. The molecule has 0 aromatic carbocycles. The van der Waals surface area contributed by atoms with Gasteiger partial charge in [0.05, 0.1) is 12.4 Å². The molecule has 0 N–H and O–H groups in total. The third-order valence-electron chi connectivity index (χ3n) is 3.84. The van der Waals surface area contributed by atoms with Crippen LogP contribution in [0.2, 0.25) is 0 Å². The quantitative estimate of drug-likeness (QED) is 0.725. The van der Waals surface area contributed by atoms with E-state index in [1.54, 1.807) is 16.8 Å². The summed E-state index contributed by atoms with van der Waals surface area (Å²) in [6.45, 7) is 1.88. The van der Waals surface area contributed by atoms with Crippen molar-refractivity contribution in [3.8, 4) is 11.5 Å². The highest BCUT2D eigenvalue weighted by atomic mass is 32.2.